The molecule has 24 heavy (non-hydrogen) atoms. The maximum atomic E-state index is 12.7. The lowest BCUT2D eigenvalue weighted by Gasteiger charge is -2.33. The van der Waals surface area contributed by atoms with Crippen LogP contribution in [0.5, 0.6) is 0 Å². The molecule has 0 aliphatic carbocycles. The van der Waals surface area contributed by atoms with Gasteiger partial charge in [0.2, 0.25) is 5.91 Å². The third kappa shape index (κ3) is 3.36. The summed E-state index contributed by atoms with van der Waals surface area (Å²) in [5, 5.41) is 7.49. The molecule has 1 amide bonds. The topological polar surface area (TPSA) is 50.2 Å². The minimum absolute atomic E-state index is 0.0364. The van der Waals surface area contributed by atoms with E-state index in [1.54, 1.807) is 4.68 Å². The number of nitrogens with zero attached hydrogens (tertiary/aromatic N) is 3. The van der Waals surface area contributed by atoms with Crippen molar-refractivity contribution in [2.45, 2.75) is 45.8 Å². The van der Waals surface area contributed by atoms with E-state index in [2.05, 4.69) is 39.6 Å². The second-order valence-corrected chi connectivity index (χ2v) is 6.74. The lowest BCUT2D eigenvalue weighted by Crippen LogP contribution is -2.47. The van der Waals surface area contributed by atoms with Crippen LogP contribution in [0.3, 0.4) is 0 Å². The molecule has 3 rings (SSSR count). The lowest BCUT2D eigenvalue weighted by molar-refractivity contribution is -0.126. The molecule has 1 aromatic carbocycles. The molecular weight excluding hydrogens is 300 g/mol. The molecule has 0 saturated carbocycles. The highest BCUT2D eigenvalue weighted by molar-refractivity contribution is 5.81. The zero-order valence-corrected chi connectivity index (χ0v) is 14.9. The van der Waals surface area contributed by atoms with Gasteiger partial charge in [-0.05, 0) is 38.3 Å². The van der Waals surface area contributed by atoms with Gasteiger partial charge in [0.05, 0.1) is 17.8 Å². The zero-order valence-electron chi connectivity index (χ0n) is 14.9. The molecule has 1 N–H and O–H groups in total. The Morgan fingerprint density at radius 1 is 1.25 bits per heavy atom. The van der Waals surface area contributed by atoms with Crippen LogP contribution >= 0.6 is 0 Å². The van der Waals surface area contributed by atoms with Crippen molar-refractivity contribution < 1.29 is 4.79 Å². The number of aryl methyl sites for hydroxylation is 2. The van der Waals surface area contributed by atoms with Gasteiger partial charge in [-0.25, -0.2) is 0 Å². The van der Waals surface area contributed by atoms with E-state index >= 15 is 0 Å². The van der Waals surface area contributed by atoms with E-state index < -0.39 is 0 Å². The Bertz CT molecular complexity index is 737. The minimum atomic E-state index is -0.141. The van der Waals surface area contributed by atoms with E-state index in [9.17, 15) is 4.79 Å². The Labute approximate surface area is 143 Å². The molecule has 5 nitrogen and oxygen atoms in total. The van der Waals surface area contributed by atoms with Crippen LogP contribution in [0, 0.1) is 6.92 Å². The Balaban J connectivity index is 1.64. The molecule has 2 heterocycles. The van der Waals surface area contributed by atoms with Crippen molar-refractivity contribution in [1.29, 1.82) is 0 Å². The molecule has 2 atom stereocenters. The number of aromatic nitrogens is 2. The molecule has 128 valence electrons. The van der Waals surface area contributed by atoms with Gasteiger partial charge in [0.25, 0.3) is 0 Å². The number of carbonyl (C=O) groups is 1. The maximum Gasteiger partial charge on any atom is 0.237 e. The van der Waals surface area contributed by atoms with Crippen molar-refractivity contribution in [3.63, 3.8) is 0 Å². The van der Waals surface area contributed by atoms with Gasteiger partial charge < -0.3 is 5.32 Å². The zero-order chi connectivity index (χ0) is 17.3. The second kappa shape index (κ2) is 6.77. The van der Waals surface area contributed by atoms with Gasteiger partial charge in [0.15, 0.2) is 0 Å². The van der Waals surface area contributed by atoms with Gasteiger partial charge >= 0.3 is 0 Å². The molecule has 5 heteroatoms. The number of hydrogen-bond acceptors (Lipinski definition) is 3. The first-order valence-electron chi connectivity index (χ1n) is 8.57. The Morgan fingerprint density at radius 2 is 1.96 bits per heavy atom. The molecule has 0 unspecified atom stereocenters. The highest BCUT2D eigenvalue weighted by Gasteiger charge is 2.26. The maximum absolute atomic E-state index is 12.7. The van der Waals surface area contributed by atoms with E-state index in [-0.39, 0.29) is 18.0 Å². The number of benzene rings is 1. The fourth-order valence-electron chi connectivity index (χ4n) is 3.47. The van der Waals surface area contributed by atoms with E-state index in [0.717, 1.165) is 30.8 Å². The summed E-state index contributed by atoms with van der Waals surface area (Å²) in [6, 6.07) is 8.32. The summed E-state index contributed by atoms with van der Waals surface area (Å²) in [5.74, 6) is 0.0742. The van der Waals surface area contributed by atoms with E-state index in [0.29, 0.717) is 0 Å². The summed E-state index contributed by atoms with van der Waals surface area (Å²) >= 11 is 0. The number of fused-ring (bicyclic) bond motifs is 1. The van der Waals surface area contributed by atoms with Crippen LogP contribution in [-0.2, 0) is 24.8 Å². The number of nitrogens with one attached hydrogen (secondary N) is 1. The van der Waals surface area contributed by atoms with Crippen molar-refractivity contribution >= 4 is 5.91 Å². The molecular formula is C19H26N4O. The first kappa shape index (κ1) is 16.7. The Kier molecular flexibility index (Phi) is 4.71. The average molecular weight is 326 g/mol. The minimum Gasteiger partial charge on any atom is -0.348 e. The van der Waals surface area contributed by atoms with Crippen molar-refractivity contribution in [3.05, 3.63) is 52.8 Å². The van der Waals surface area contributed by atoms with Gasteiger partial charge in [-0.1, -0.05) is 24.3 Å². The normalized spacial score (nSPS) is 17.2. The number of rotatable bonds is 4. The molecule has 1 aromatic heterocycles. The van der Waals surface area contributed by atoms with Crippen LogP contribution in [0.15, 0.2) is 30.5 Å². The van der Waals surface area contributed by atoms with Gasteiger partial charge in [-0.3, -0.25) is 14.4 Å². The first-order valence-corrected chi connectivity index (χ1v) is 8.57. The van der Waals surface area contributed by atoms with E-state index in [1.807, 2.05) is 34.0 Å². The van der Waals surface area contributed by atoms with Gasteiger partial charge in [-0.15, -0.1) is 0 Å². The van der Waals surface area contributed by atoms with E-state index in [4.69, 9.17) is 0 Å². The lowest BCUT2D eigenvalue weighted by atomic mass is 9.98. The largest absolute Gasteiger partial charge is 0.348 e. The average Bonchev–Trinajstić information content (AvgIpc) is 2.92. The monoisotopic (exact) mass is 326 g/mol. The predicted octanol–water partition coefficient (Wildman–Crippen LogP) is 2.35. The molecule has 1 aliphatic heterocycles. The summed E-state index contributed by atoms with van der Waals surface area (Å²) in [5.41, 5.74) is 4.77. The van der Waals surface area contributed by atoms with Crippen molar-refractivity contribution in [2.24, 2.45) is 7.05 Å². The van der Waals surface area contributed by atoms with Crippen molar-refractivity contribution in [2.75, 3.05) is 6.54 Å². The highest BCUT2D eigenvalue weighted by Crippen LogP contribution is 2.21. The van der Waals surface area contributed by atoms with Gasteiger partial charge in [0.1, 0.15) is 0 Å². The van der Waals surface area contributed by atoms with Crippen molar-refractivity contribution in [3.8, 4) is 0 Å². The molecule has 1 aliphatic rings. The van der Waals surface area contributed by atoms with Gasteiger partial charge in [-0.2, -0.15) is 5.10 Å². The van der Waals surface area contributed by atoms with Crippen LogP contribution in [0.25, 0.3) is 0 Å². The summed E-state index contributed by atoms with van der Waals surface area (Å²) in [6.07, 6.45) is 2.98. The summed E-state index contributed by atoms with van der Waals surface area (Å²) in [4.78, 5) is 14.9. The Morgan fingerprint density at radius 3 is 2.62 bits per heavy atom. The molecule has 0 spiro atoms. The molecule has 0 radical (unpaired) electrons. The van der Waals surface area contributed by atoms with Gasteiger partial charge in [0, 0.05) is 31.9 Å². The van der Waals surface area contributed by atoms with Crippen LogP contribution in [0.4, 0.5) is 0 Å². The van der Waals surface area contributed by atoms with Crippen LogP contribution < -0.4 is 5.32 Å². The summed E-state index contributed by atoms with van der Waals surface area (Å²) < 4.78 is 1.79. The number of hydrogen-bond donors (Lipinski definition) is 1. The molecule has 0 bridgehead atoms. The quantitative estimate of drug-likeness (QED) is 0.938. The second-order valence-electron chi connectivity index (χ2n) is 6.74. The Hall–Kier alpha value is -2.14. The van der Waals surface area contributed by atoms with Crippen molar-refractivity contribution in [1.82, 2.24) is 20.0 Å². The fraction of sp³-hybridized carbons (Fsp3) is 0.474. The third-order valence-corrected chi connectivity index (χ3v) is 4.96. The molecule has 0 fully saturated rings. The summed E-state index contributed by atoms with van der Waals surface area (Å²) in [6.45, 7) is 7.74. The smallest absolute Gasteiger partial charge is 0.237 e. The van der Waals surface area contributed by atoms with Crippen LogP contribution in [0.1, 0.15) is 42.3 Å². The number of carbonyl (C=O) groups excluding carboxylic acids is 1. The first-order chi connectivity index (χ1) is 11.5. The third-order valence-electron chi connectivity index (χ3n) is 4.96. The molecule has 0 saturated heterocycles. The standard InChI is InChI=1S/C19H26N4O/c1-13(18-12-22(4)21-14(18)2)20-19(24)15(3)23-10-9-16-7-5-6-8-17(16)11-23/h5-8,12-13,15H,9-11H2,1-4H3,(H,20,24)/t13-,15+/m0/s1. The van der Waals surface area contributed by atoms with Crippen LogP contribution in [-0.4, -0.2) is 33.2 Å². The number of amides is 1. The highest BCUT2D eigenvalue weighted by atomic mass is 16.2. The fourth-order valence-corrected chi connectivity index (χ4v) is 3.47. The molecule has 2 aromatic rings. The SMILES string of the molecule is Cc1nn(C)cc1[C@H](C)NC(=O)[C@@H](C)N1CCc2ccccc2C1. The summed E-state index contributed by atoms with van der Waals surface area (Å²) in [7, 11) is 1.90. The van der Waals surface area contributed by atoms with Crippen LogP contribution in [0.2, 0.25) is 0 Å². The van der Waals surface area contributed by atoms with E-state index in [1.165, 1.54) is 11.1 Å². The predicted molar refractivity (Wildman–Crippen MR) is 94.5 cm³/mol.